The Kier molecular flexibility index (Phi) is 3.95. The molecule has 0 saturated carbocycles. The van der Waals surface area contributed by atoms with Crippen molar-refractivity contribution in [2.75, 3.05) is 6.54 Å². The van der Waals surface area contributed by atoms with Gasteiger partial charge in [-0.1, -0.05) is 30.4 Å². The Balaban J connectivity index is 1.74. The molecule has 0 amide bonds. The molecule has 0 fully saturated rings. The Morgan fingerprint density at radius 3 is 2.70 bits per heavy atom. The third-order valence-corrected chi connectivity index (χ3v) is 3.71. The van der Waals surface area contributed by atoms with E-state index in [1.165, 1.54) is 0 Å². The third kappa shape index (κ3) is 2.81. The molecule has 1 aromatic heterocycles. The number of nitrogens with zero attached hydrogens (tertiary/aromatic N) is 2. The van der Waals surface area contributed by atoms with Crippen LogP contribution in [0.3, 0.4) is 0 Å². The Hall–Kier alpha value is -1.91. The molecule has 3 rings (SSSR count). The van der Waals surface area contributed by atoms with Gasteiger partial charge in [0.05, 0.1) is 11.9 Å². The molecule has 4 heteroatoms. The summed E-state index contributed by atoms with van der Waals surface area (Å²) in [5, 5.41) is 8.04. The van der Waals surface area contributed by atoms with E-state index < -0.39 is 0 Å². The fourth-order valence-electron chi connectivity index (χ4n) is 2.58. The minimum Gasteiger partial charge on any atom is -0.329 e. The summed E-state index contributed by atoms with van der Waals surface area (Å²) in [7, 11) is 0. The first kappa shape index (κ1) is 13.1. The van der Waals surface area contributed by atoms with Gasteiger partial charge in [-0.3, -0.25) is 0 Å². The van der Waals surface area contributed by atoms with E-state index in [1.54, 1.807) is 0 Å². The molecule has 0 bridgehead atoms. The van der Waals surface area contributed by atoms with Gasteiger partial charge in [0.15, 0.2) is 0 Å². The predicted molar refractivity (Wildman–Crippen MR) is 80.7 cm³/mol. The lowest BCUT2D eigenvalue weighted by molar-refractivity contribution is 0.453. The molecule has 0 aliphatic heterocycles. The lowest BCUT2D eigenvalue weighted by Crippen LogP contribution is -2.35. The maximum absolute atomic E-state index is 5.91. The Morgan fingerprint density at radius 2 is 2.00 bits per heavy atom. The molecular formula is C16H20N4. The highest BCUT2D eigenvalue weighted by atomic mass is 15.3. The average Bonchev–Trinajstić information content (AvgIpc) is 3.17. The number of benzene rings is 1. The molecule has 2 aromatic rings. The zero-order valence-electron chi connectivity index (χ0n) is 11.4. The van der Waals surface area contributed by atoms with Crippen LogP contribution in [0.5, 0.6) is 0 Å². The monoisotopic (exact) mass is 268 g/mol. The van der Waals surface area contributed by atoms with Crippen LogP contribution in [0.25, 0.3) is 5.69 Å². The maximum atomic E-state index is 5.91. The standard InChI is InChI=1S/C16H20N4/c17-10-16(19-14-6-4-5-7-14)13-11-18-20(12-13)15-8-2-1-3-9-15/h1-5,8-9,11-12,14,16,19H,6-7,10,17H2. The average molecular weight is 268 g/mol. The largest absolute Gasteiger partial charge is 0.329 e. The molecule has 1 aliphatic carbocycles. The molecule has 104 valence electrons. The van der Waals surface area contributed by atoms with E-state index in [1.807, 2.05) is 41.2 Å². The molecule has 0 spiro atoms. The van der Waals surface area contributed by atoms with Crippen LogP contribution in [0.1, 0.15) is 24.4 Å². The first-order valence-corrected chi connectivity index (χ1v) is 7.08. The summed E-state index contributed by atoms with van der Waals surface area (Å²) in [5.74, 6) is 0. The van der Waals surface area contributed by atoms with E-state index in [4.69, 9.17) is 5.73 Å². The molecule has 3 N–H and O–H groups in total. The summed E-state index contributed by atoms with van der Waals surface area (Å²) >= 11 is 0. The lowest BCUT2D eigenvalue weighted by Gasteiger charge is -2.20. The molecule has 0 radical (unpaired) electrons. The number of rotatable bonds is 5. The van der Waals surface area contributed by atoms with Gasteiger partial charge in [0, 0.05) is 30.4 Å². The first-order chi connectivity index (χ1) is 9.86. The van der Waals surface area contributed by atoms with Crippen molar-refractivity contribution < 1.29 is 0 Å². The molecule has 1 heterocycles. The van der Waals surface area contributed by atoms with Crippen LogP contribution in [0, 0.1) is 0 Å². The van der Waals surface area contributed by atoms with E-state index in [0.29, 0.717) is 12.6 Å². The number of hydrogen-bond donors (Lipinski definition) is 2. The van der Waals surface area contributed by atoms with Gasteiger partial charge in [-0.15, -0.1) is 0 Å². The lowest BCUT2D eigenvalue weighted by atomic mass is 10.1. The van der Waals surface area contributed by atoms with E-state index in [9.17, 15) is 0 Å². The molecule has 0 saturated heterocycles. The highest BCUT2D eigenvalue weighted by Gasteiger charge is 2.18. The van der Waals surface area contributed by atoms with Crippen molar-refractivity contribution in [1.82, 2.24) is 15.1 Å². The number of nitrogens with one attached hydrogen (secondary N) is 1. The number of nitrogens with two attached hydrogens (primary N) is 1. The second-order valence-corrected chi connectivity index (χ2v) is 5.15. The normalized spacial score (nSPS) is 16.6. The second kappa shape index (κ2) is 6.03. The molecule has 20 heavy (non-hydrogen) atoms. The van der Waals surface area contributed by atoms with Crippen LogP contribution in [0.4, 0.5) is 0 Å². The van der Waals surface area contributed by atoms with Gasteiger partial charge in [-0.2, -0.15) is 5.10 Å². The molecular weight excluding hydrogens is 248 g/mol. The van der Waals surface area contributed by atoms with Gasteiger partial charge in [0.25, 0.3) is 0 Å². The summed E-state index contributed by atoms with van der Waals surface area (Å²) in [4.78, 5) is 0. The summed E-state index contributed by atoms with van der Waals surface area (Å²) in [6.45, 7) is 0.580. The zero-order valence-corrected chi connectivity index (χ0v) is 11.4. The summed E-state index contributed by atoms with van der Waals surface area (Å²) in [5.41, 5.74) is 8.12. The Bertz CT molecular complexity index is 565. The van der Waals surface area contributed by atoms with E-state index in [-0.39, 0.29) is 6.04 Å². The van der Waals surface area contributed by atoms with Gasteiger partial charge in [0.2, 0.25) is 0 Å². The first-order valence-electron chi connectivity index (χ1n) is 7.08. The minimum atomic E-state index is 0.164. The SMILES string of the molecule is NCC(NC1CC=CC1)c1cnn(-c2ccccc2)c1. The van der Waals surface area contributed by atoms with Crippen LogP contribution >= 0.6 is 0 Å². The van der Waals surface area contributed by atoms with Gasteiger partial charge in [0.1, 0.15) is 0 Å². The Morgan fingerprint density at radius 1 is 1.25 bits per heavy atom. The van der Waals surface area contributed by atoms with Crippen molar-refractivity contribution in [1.29, 1.82) is 0 Å². The van der Waals surface area contributed by atoms with Crippen molar-refractivity contribution in [3.05, 3.63) is 60.4 Å². The summed E-state index contributed by atoms with van der Waals surface area (Å²) in [6, 6.07) is 10.8. The molecule has 1 aliphatic rings. The van der Waals surface area contributed by atoms with Gasteiger partial charge in [-0.25, -0.2) is 4.68 Å². The van der Waals surface area contributed by atoms with E-state index >= 15 is 0 Å². The fraction of sp³-hybridized carbons (Fsp3) is 0.312. The highest BCUT2D eigenvalue weighted by molar-refractivity contribution is 5.31. The molecule has 1 unspecified atom stereocenters. The van der Waals surface area contributed by atoms with Crippen LogP contribution in [-0.4, -0.2) is 22.4 Å². The second-order valence-electron chi connectivity index (χ2n) is 5.15. The number of hydrogen-bond acceptors (Lipinski definition) is 3. The van der Waals surface area contributed by atoms with Gasteiger partial charge < -0.3 is 11.1 Å². The fourth-order valence-corrected chi connectivity index (χ4v) is 2.58. The van der Waals surface area contributed by atoms with Crippen LogP contribution < -0.4 is 11.1 Å². The van der Waals surface area contributed by atoms with Crippen LogP contribution in [0.15, 0.2) is 54.9 Å². The predicted octanol–water partition coefficient (Wildman–Crippen LogP) is 2.18. The summed E-state index contributed by atoms with van der Waals surface area (Å²) in [6.07, 6.45) is 10.6. The maximum Gasteiger partial charge on any atom is 0.0645 e. The number of aromatic nitrogens is 2. The van der Waals surface area contributed by atoms with Crippen molar-refractivity contribution in [3.8, 4) is 5.69 Å². The third-order valence-electron chi connectivity index (χ3n) is 3.71. The van der Waals surface area contributed by atoms with Crippen LogP contribution in [0.2, 0.25) is 0 Å². The van der Waals surface area contributed by atoms with Gasteiger partial charge >= 0.3 is 0 Å². The quantitative estimate of drug-likeness (QED) is 0.817. The molecule has 4 nitrogen and oxygen atoms in total. The minimum absolute atomic E-state index is 0.164. The smallest absolute Gasteiger partial charge is 0.0645 e. The van der Waals surface area contributed by atoms with E-state index in [2.05, 4.69) is 28.8 Å². The molecule has 1 atom stereocenters. The van der Waals surface area contributed by atoms with Crippen molar-refractivity contribution in [2.45, 2.75) is 24.9 Å². The van der Waals surface area contributed by atoms with E-state index in [0.717, 1.165) is 24.1 Å². The van der Waals surface area contributed by atoms with Crippen LogP contribution in [-0.2, 0) is 0 Å². The van der Waals surface area contributed by atoms with Crippen molar-refractivity contribution >= 4 is 0 Å². The van der Waals surface area contributed by atoms with Crippen molar-refractivity contribution in [2.24, 2.45) is 5.73 Å². The summed E-state index contributed by atoms with van der Waals surface area (Å²) < 4.78 is 1.90. The van der Waals surface area contributed by atoms with Crippen molar-refractivity contribution in [3.63, 3.8) is 0 Å². The zero-order chi connectivity index (χ0) is 13.8. The topological polar surface area (TPSA) is 55.9 Å². The highest BCUT2D eigenvalue weighted by Crippen LogP contribution is 2.18. The Labute approximate surface area is 119 Å². The van der Waals surface area contributed by atoms with Gasteiger partial charge in [-0.05, 0) is 25.0 Å². The number of para-hydroxylation sites is 1. The molecule has 1 aromatic carbocycles.